The average Bonchev–Trinajstić information content (AvgIpc) is 2.95. The van der Waals surface area contributed by atoms with Crippen molar-refractivity contribution < 1.29 is 13.5 Å². The van der Waals surface area contributed by atoms with Gasteiger partial charge in [-0.05, 0) is 12.5 Å². The molecule has 2 aromatic heterocycles. The van der Waals surface area contributed by atoms with Gasteiger partial charge in [0.15, 0.2) is 16.6 Å². The topological polar surface area (TPSA) is 131 Å². The molecule has 0 unspecified atom stereocenters. The van der Waals surface area contributed by atoms with Crippen LogP contribution in [0.15, 0.2) is 35.5 Å². The highest BCUT2D eigenvalue weighted by molar-refractivity contribution is 7.90. The first-order chi connectivity index (χ1) is 11.9. The summed E-state index contributed by atoms with van der Waals surface area (Å²) in [4.78, 5) is 12.3. The molecule has 0 fully saturated rings. The lowest BCUT2D eigenvalue weighted by Gasteiger charge is -2.12. The zero-order valence-electron chi connectivity index (χ0n) is 13.4. The number of rotatable bonds is 6. The van der Waals surface area contributed by atoms with Crippen molar-refractivity contribution in [2.24, 2.45) is 0 Å². The zero-order valence-corrected chi connectivity index (χ0v) is 15.0. The Kier molecular flexibility index (Phi) is 4.84. The molecule has 25 heavy (non-hydrogen) atoms. The van der Waals surface area contributed by atoms with Crippen molar-refractivity contribution in [2.45, 2.75) is 23.9 Å². The number of nitrogen functional groups attached to an aromatic ring is 1. The third-order valence-electron chi connectivity index (χ3n) is 3.38. The van der Waals surface area contributed by atoms with Crippen LogP contribution in [0.3, 0.4) is 0 Å². The van der Waals surface area contributed by atoms with Crippen LogP contribution in [0.5, 0.6) is 0 Å². The highest BCUT2D eigenvalue weighted by Crippen LogP contribution is 2.30. The second kappa shape index (κ2) is 6.90. The lowest BCUT2D eigenvalue weighted by Crippen LogP contribution is -2.21. The van der Waals surface area contributed by atoms with Crippen molar-refractivity contribution in [3.8, 4) is 0 Å². The van der Waals surface area contributed by atoms with E-state index in [-0.39, 0.29) is 34.3 Å². The minimum atomic E-state index is -3.76. The van der Waals surface area contributed by atoms with E-state index in [0.717, 1.165) is 11.3 Å². The molecule has 0 aliphatic carbocycles. The van der Waals surface area contributed by atoms with Crippen LogP contribution >= 0.6 is 11.3 Å². The number of aliphatic hydroxyl groups excluding tert-OH is 1. The van der Waals surface area contributed by atoms with E-state index < -0.39 is 9.84 Å². The molecule has 0 aliphatic heterocycles. The number of anilines is 2. The minimum absolute atomic E-state index is 0.133. The van der Waals surface area contributed by atoms with Crippen LogP contribution < -0.4 is 11.1 Å². The molecule has 0 bridgehead atoms. The van der Waals surface area contributed by atoms with E-state index in [1.54, 1.807) is 31.2 Å². The van der Waals surface area contributed by atoms with Crippen molar-refractivity contribution in [1.29, 1.82) is 0 Å². The fourth-order valence-corrected chi connectivity index (χ4v) is 4.14. The molecular weight excluding hydrogens is 362 g/mol. The number of fused-ring (bicyclic) bond motifs is 1. The molecule has 0 radical (unpaired) electrons. The number of benzene rings is 1. The maximum atomic E-state index is 12.7. The van der Waals surface area contributed by atoms with Crippen LogP contribution in [0.25, 0.3) is 10.3 Å². The van der Waals surface area contributed by atoms with E-state index >= 15 is 0 Å². The van der Waals surface area contributed by atoms with Crippen LogP contribution in [0.2, 0.25) is 0 Å². The van der Waals surface area contributed by atoms with Gasteiger partial charge in [-0.1, -0.05) is 41.7 Å². The molecule has 2 heterocycles. The first kappa shape index (κ1) is 17.5. The fourth-order valence-electron chi connectivity index (χ4n) is 2.19. The van der Waals surface area contributed by atoms with Crippen molar-refractivity contribution in [1.82, 2.24) is 15.0 Å². The Balaban J connectivity index is 2.06. The molecule has 3 rings (SSSR count). The van der Waals surface area contributed by atoms with Gasteiger partial charge in [0, 0.05) is 6.04 Å². The Morgan fingerprint density at radius 2 is 1.96 bits per heavy atom. The van der Waals surface area contributed by atoms with Crippen LogP contribution in [0.4, 0.5) is 10.9 Å². The molecule has 1 atom stereocenters. The monoisotopic (exact) mass is 379 g/mol. The van der Waals surface area contributed by atoms with Gasteiger partial charge in [0.1, 0.15) is 4.70 Å². The first-order valence-electron chi connectivity index (χ1n) is 7.47. The van der Waals surface area contributed by atoms with Crippen LogP contribution in [0.1, 0.15) is 12.5 Å². The molecule has 10 heteroatoms. The molecule has 0 saturated carbocycles. The molecule has 1 aromatic carbocycles. The van der Waals surface area contributed by atoms with Gasteiger partial charge in [-0.2, -0.15) is 9.97 Å². The van der Waals surface area contributed by atoms with Gasteiger partial charge in [0.05, 0.1) is 12.4 Å². The fraction of sp³-hybridized carbons (Fsp3) is 0.267. The Morgan fingerprint density at radius 1 is 1.24 bits per heavy atom. The lowest BCUT2D eigenvalue weighted by molar-refractivity contribution is 0.281. The van der Waals surface area contributed by atoms with Crippen LogP contribution in [-0.4, -0.2) is 41.1 Å². The molecule has 3 aromatic rings. The quantitative estimate of drug-likeness (QED) is 0.548. The summed E-state index contributed by atoms with van der Waals surface area (Å²) < 4.78 is 26.0. The molecule has 8 nitrogen and oxygen atoms in total. The van der Waals surface area contributed by atoms with Gasteiger partial charge >= 0.3 is 0 Å². The molecular formula is C15H17N5O3S2. The number of thiazole rings is 1. The number of aromatic nitrogens is 3. The van der Waals surface area contributed by atoms with Crippen molar-refractivity contribution in [3.05, 3.63) is 35.9 Å². The number of hydrogen-bond donors (Lipinski definition) is 3. The van der Waals surface area contributed by atoms with Crippen LogP contribution in [-0.2, 0) is 15.6 Å². The Labute approximate surface area is 148 Å². The van der Waals surface area contributed by atoms with Gasteiger partial charge in [-0.3, -0.25) is 0 Å². The maximum absolute atomic E-state index is 12.7. The summed E-state index contributed by atoms with van der Waals surface area (Å²) in [6.45, 7) is 1.61. The zero-order chi connectivity index (χ0) is 18.0. The van der Waals surface area contributed by atoms with E-state index in [1.807, 2.05) is 6.07 Å². The van der Waals surface area contributed by atoms with Crippen molar-refractivity contribution in [2.75, 3.05) is 17.7 Å². The summed E-state index contributed by atoms with van der Waals surface area (Å²) in [5.74, 6) is 0.0842. The van der Waals surface area contributed by atoms with E-state index in [9.17, 15) is 13.5 Å². The highest BCUT2D eigenvalue weighted by Gasteiger charge is 2.23. The van der Waals surface area contributed by atoms with Gasteiger partial charge in [-0.25, -0.2) is 13.4 Å². The summed E-state index contributed by atoms with van der Waals surface area (Å²) in [5, 5.41) is 12.2. The molecule has 4 N–H and O–H groups in total. The highest BCUT2D eigenvalue weighted by atomic mass is 32.2. The summed E-state index contributed by atoms with van der Waals surface area (Å²) in [5.41, 5.74) is 6.58. The first-order valence-corrected chi connectivity index (χ1v) is 9.94. The maximum Gasteiger partial charge on any atom is 0.251 e. The van der Waals surface area contributed by atoms with Gasteiger partial charge in [0.2, 0.25) is 9.84 Å². The van der Waals surface area contributed by atoms with Gasteiger partial charge in [0.25, 0.3) is 5.16 Å². The summed E-state index contributed by atoms with van der Waals surface area (Å²) in [7, 11) is -3.76. The summed E-state index contributed by atoms with van der Waals surface area (Å²) in [6, 6.07) is 8.49. The van der Waals surface area contributed by atoms with E-state index in [0.29, 0.717) is 16.1 Å². The Bertz CT molecular complexity index is 989. The second-order valence-corrected chi connectivity index (χ2v) is 8.45. The number of sulfone groups is 1. The third-order valence-corrected chi connectivity index (χ3v) is 5.72. The summed E-state index contributed by atoms with van der Waals surface area (Å²) >= 11 is 1.16. The van der Waals surface area contributed by atoms with Gasteiger partial charge in [-0.15, -0.1) is 0 Å². The Hall–Kier alpha value is -2.30. The Morgan fingerprint density at radius 3 is 2.64 bits per heavy atom. The second-order valence-electron chi connectivity index (χ2n) is 5.53. The molecule has 0 amide bonds. The number of nitrogens with two attached hydrogens (primary N) is 1. The van der Waals surface area contributed by atoms with E-state index in [2.05, 4.69) is 20.3 Å². The lowest BCUT2D eigenvalue weighted by atomic mass is 10.2. The van der Waals surface area contributed by atoms with Crippen molar-refractivity contribution in [3.63, 3.8) is 0 Å². The minimum Gasteiger partial charge on any atom is -0.394 e. The van der Waals surface area contributed by atoms with Crippen LogP contribution in [0, 0.1) is 0 Å². The number of hydrogen-bond acceptors (Lipinski definition) is 9. The standard InChI is InChI=1S/C15H17N5O3S2/c1-9(7-21)17-12-11-13(18-14(16)24-11)20-15(19-12)25(22,23)8-10-5-3-2-4-6-10/h2-6,9,21H,7-8H2,1H3,(H3,16,17,18,19,20)/t9-/m1/s1. The summed E-state index contributed by atoms with van der Waals surface area (Å²) in [6.07, 6.45) is 0. The predicted molar refractivity (Wildman–Crippen MR) is 97.1 cm³/mol. The van der Waals surface area contributed by atoms with Gasteiger partial charge < -0.3 is 16.2 Å². The number of nitrogens with zero attached hydrogens (tertiary/aromatic N) is 3. The SMILES string of the molecule is C[C@H](CO)Nc1nc(S(=O)(=O)Cc2ccccc2)nc2nc(N)sc12. The average molecular weight is 379 g/mol. The molecule has 132 valence electrons. The predicted octanol–water partition coefficient (Wildman–Crippen LogP) is 1.44. The molecule has 0 saturated heterocycles. The normalized spacial score (nSPS) is 13.0. The molecule has 0 spiro atoms. The smallest absolute Gasteiger partial charge is 0.251 e. The largest absolute Gasteiger partial charge is 0.394 e. The molecule has 0 aliphatic rings. The third kappa shape index (κ3) is 3.86. The number of aliphatic hydroxyl groups is 1. The number of nitrogens with one attached hydrogen (secondary N) is 1. The van der Waals surface area contributed by atoms with E-state index in [4.69, 9.17) is 5.73 Å². The van der Waals surface area contributed by atoms with Crippen molar-refractivity contribution >= 4 is 42.5 Å². The van der Waals surface area contributed by atoms with E-state index in [1.165, 1.54) is 0 Å².